The van der Waals surface area contributed by atoms with Crippen molar-refractivity contribution in [3.8, 4) is 0 Å². The van der Waals surface area contributed by atoms with E-state index in [0.29, 0.717) is 25.7 Å². The highest BCUT2D eigenvalue weighted by molar-refractivity contribution is 6.18. The van der Waals surface area contributed by atoms with Crippen molar-refractivity contribution in [1.29, 1.82) is 0 Å². The van der Waals surface area contributed by atoms with Crippen LogP contribution in [0.25, 0.3) is 0 Å². The van der Waals surface area contributed by atoms with Gasteiger partial charge >= 0.3 is 0 Å². The summed E-state index contributed by atoms with van der Waals surface area (Å²) in [5.74, 6) is 0.488. The minimum atomic E-state index is 0.200. The molecule has 0 atom stereocenters. The lowest BCUT2D eigenvalue weighted by Crippen LogP contribution is -2.07. The fraction of sp³-hybridized carbons (Fsp3) is 1.00. The summed E-state index contributed by atoms with van der Waals surface area (Å²) in [5, 5.41) is 0. The first-order valence-electron chi connectivity index (χ1n) is 3.27. The maximum Gasteiger partial charge on any atom is 0.146 e. The lowest BCUT2D eigenvalue weighted by atomic mass is 10.8. The Labute approximate surface area is 76.5 Å². The van der Waals surface area contributed by atoms with Crippen LogP contribution in [0.5, 0.6) is 0 Å². The van der Waals surface area contributed by atoms with Crippen LogP contribution in [0.4, 0.5) is 0 Å². The van der Waals surface area contributed by atoms with Crippen molar-refractivity contribution in [2.24, 2.45) is 0 Å². The fourth-order valence-electron chi connectivity index (χ4n) is 0.404. The predicted octanol–water partition coefficient (Wildman–Crippen LogP) is 1.43. The summed E-state index contributed by atoms with van der Waals surface area (Å²) in [6.45, 7) is 1.76. The maximum absolute atomic E-state index is 5.34. The Balaban J connectivity index is 2.69. The largest absolute Gasteiger partial charge is 0.363 e. The molecule has 0 aliphatic heterocycles. The Morgan fingerprint density at radius 3 is 2.09 bits per heavy atom. The van der Waals surface area contributed by atoms with E-state index in [0.717, 1.165) is 0 Å². The Bertz CT molecular complexity index is 64.8. The maximum atomic E-state index is 5.34. The van der Waals surface area contributed by atoms with Crippen LogP contribution in [0.15, 0.2) is 0 Å². The smallest absolute Gasteiger partial charge is 0.146 e. The molecule has 0 unspecified atom stereocenters. The van der Waals surface area contributed by atoms with E-state index in [4.69, 9.17) is 37.4 Å². The third kappa shape index (κ3) is 10.5. The van der Waals surface area contributed by atoms with Gasteiger partial charge in [-0.15, -0.1) is 11.6 Å². The molecule has 0 aromatic heterocycles. The SMILES string of the molecule is ClCCOCOCCOCCl. The van der Waals surface area contributed by atoms with Crippen molar-refractivity contribution in [3.05, 3.63) is 0 Å². The summed E-state index contributed by atoms with van der Waals surface area (Å²) in [7, 11) is 0. The van der Waals surface area contributed by atoms with E-state index in [1.807, 2.05) is 0 Å². The van der Waals surface area contributed by atoms with Gasteiger partial charge in [0.25, 0.3) is 0 Å². The molecular formula is C6H12Cl2O3. The van der Waals surface area contributed by atoms with E-state index in [-0.39, 0.29) is 12.9 Å². The summed E-state index contributed by atoms with van der Waals surface area (Å²) in [5.41, 5.74) is 0. The Kier molecular flexibility index (Phi) is 10.9. The number of halogens is 2. The number of ether oxygens (including phenoxy) is 3. The van der Waals surface area contributed by atoms with Crippen molar-refractivity contribution in [3.63, 3.8) is 0 Å². The van der Waals surface area contributed by atoms with Crippen LogP contribution in [0.3, 0.4) is 0 Å². The van der Waals surface area contributed by atoms with Gasteiger partial charge in [0.2, 0.25) is 0 Å². The summed E-state index contributed by atoms with van der Waals surface area (Å²) in [4.78, 5) is 0. The topological polar surface area (TPSA) is 27.7 Å². The average molecular weight is 203 g/mol. The second-order valence-corrected chi connectivity index (χ2v) is 2.24. The van der Waals surface area contributed by atoms with Gasteiger partial charge in [-0.05, 0) is 0 Å². The molecule has 0 aliphatic rings. The van der Waals surface area contributed by atoms with Gasteiger partial charge < -0.3 is 14.2 Å². The molecule has 0 amide bonds. The van der Waals surface area contributed by atoms with Gasteiger partial charge in [-0.25, -0.2) is 0 Å². The molecule has 0 rings (SSSR count). The molecule has 0 heterocycles. The van der Waals surface area contributed by atoms with Crippen molar-refractivity contribution in [2.45, 2.75) is 0 Å². The number of rotatable bonds is 8. The molecule has 5 heteroatoms. The van der Waals surface area contributed by atoms with Gasteiger partial charge in [-0.2, -0.15) is 0 Å². The molecule has 68 valence electrons. The van der Waals surface area contributed by atoms with Gasteiger partial charge in [0.1, 0.15) is 12.9 Å². The molecule has 0 radical (unpaired) electrons. The zero-order valence-electron chi connectivity index (χ0n) is 6.22. The first kappa shape index (κ1) is 11.5. The van der Waals surface area contributed by atoms with Crippen molar-refractivity contribution in [2.75, 3.05) is 38.6 Å². The summed E-state index contributed by atoms with van der Waals surface area (Å²) < 4.78 is 14.7. The molecule has 0 aromatic rings. The number of hydrogen-bond donors (Lipinski definition) is 0. The lowest BCUT2D eigenvalue weighted by Gasteiger charge is -2.03. The van der Waals surface area contributed by atoms with Gasteiger partial charge in [0.05, 0.1) is 19.8 Å². The molecule has 0 saturated heterocycles. The molecule has 0 saturated carbocycles. The first-order valence-corrected chi connectivity index (χ1v) is 4.34. The van der Waals surface area contributed by atoms with Crippen molar-refractivity contribution >= 4 is 23.2 Å². The van der Waals surface area contributed by atoms with E-state index >= 15 is 0 Å². The molecule has 0 aliphatic carbocycles. The number of alkyl halides is 2. The van der Waals surface area contributed by atoms with Crippen molar-refractivity contribution in [1.82, 2.24) is 0 Å². The monoisotopic (exact) mass is 202 g/mol. The third-order valence-electron chi connectivity index (χ3n) is 0.837. The number of hydrogen-bond acceptors (Lipinski definition) is 3. The lowest BCUT2D eigenvalue weighted by molar-refractivity contribution is -0.0623. The molecule has 3 nitrogen and oxygen atoms in total. The average Bonchev–Trinajstić information content (AvgIpc) is 2.03. The highest BCUT2D eigenvalue weighted by Crippen LogP contribution is 1.83. The predicted molar refractivity (Wildman–Crippen MR) is 44.2 cm³/mol. The van der Waals surface area contributed by atoms with Crippen LogP contribution >= 0.6 is 23.2 Å². The molecule has 0 bridgehead atoms. The normalized spacial score (nSPS) is 10.4. The quantitative estimate of drug-likeness (QED) is 0.339. The highest BCUT2D eigenvalue weighted by Gasteiger charge is 1.87. The minimum absolute atomic E-state index is 0.200. The zero-order chi connectivity index (χ0) is 8.36. The first-order chi connectivity index (χ1) is 5.41. The summed E-state index contributed by atoms with van der Waals surface area (Å²) >= 11 is 10.6. The van der Waals surface area contributed by atoms with Crippen LogP contribution in [0.1, 0.15) is 0 Å². The van der Waals surface area contributed by atoms with Gasteiger partial charge in [0, 0.05) is 5.88 Å². The van der Waals surface area contributed by atoms with E-state index in [2.05, 4.69) is 0 Å². The third-order valence-corrected chi connectivity index (χ3v) is 1.15. The second kappa shape index (κ2) is 10.5. The Morgan fingerprint density at radius 1 is 0.818 bits per heavy atom. The molecule has 0 aromatic carbocycles. The molecule has 0 spiro atoms. The zero-order valence-corrected chi connectivity index (χ0v) is 7.74. The highest BCUT2D eigenvalue weighted by atomic mass is 35.5. The Hall–Kier alpha value is 0.460. The summed E-state index contributed by atoms with van der Waals surface area (Å²) in [6.07, 6.45) is 0. The fourth-order valence-corrected chi connectivity index (χ4v) is 0.622. The Morgan fingerprint density at radius 2 is 1.45 bits per heavy atom. The van der Waals surface area contributed by atoms with E-state index in [1.54, 1.807) is 0 Å². The standard InChI is InChI=1S/C6H12Cl2O3/c7-1-2-10-6-11-4-3-9-5-8/h1-6H2. The van der Waals surface area contributed by atoms with Crippen LogP contribution in [-0.4, -0.2) is 38.6 Å². The van der Waals surface area contributed by atoms with Gasteiger partial charge in [-0.3, -0.25) is 0 Å². The molecule has 0 fully saturated rings. The minimum Gasteiger partial charge on any atom is -0.363 e. The second-order valence-electron chi connectivity index (χ2n) is 1.64. The van der Waals surface area contributed by atoms with Gasteiger partial charge in [0.15, 0.2) is 0 Å². The molecule has 11 heavy (non-hydrogen) atoms. The van der Waals surface area contributed by atoms with Gasteiger partial charge in [-0.1, -0.05) is 11.6 Å². The van der Waals surface area contributed by atoms with E-state index in [1.165, 1.54) is 0 Å². The van der Waals surface area contributed by atoms with Crippen LogP contribution in [0.2, 0.25) is 0 Å². The molecule has 0 N–H and O–H groups in total. The van der Waals surface area contributed by atoms with Crippen molar-refractivity contribution < 1.29 is 14.2 Å². The van der Waals surface area contributed by atoms with Crippen LogP contribution in [-0.2, 0) is 14.2 Å². The summed E-state index contributed by atoms with van der Waals surface area (Å²) in [6, 6.07) is 0.200. The van der Waals surface area contributed by atoms with Crippen LogP contribution < -0.4 is 0 Å². The van der Waals surface area contributed by atoms with E-state index < -0.39 is 0 Å². The van der Waals surface area contributed by atoms with Crippen LogP contribution in [0, 0.1) is 0 Å². The molecular weight excluding hydrogens is 191 g/mol. The van der Waals surface area contributed by atoms with E-state index in [9.17, 15) is 0 Å².